The van der Waals surface area contributed by atoms with E-state index >= 15 is 0 Å². The first kappa shape index (κ1) is 17.8. The van der Waals surface area contributed by atoms with E-state index < -0.39 is 0 Å². The van der Waals surface area contributed by atoms with Gasteiger partial charge in [0.25, 0.3) is 0 Å². The van der Waals surface area contributed by atoms with Gasteiger partial charge in [-0.1, -0.05) is 104 Å². The summed E-state index contributed by atoms with van der Waals surface area (Å²) in [5.41, 5.74) is 0. The van der Waals surface area contributed by atoms with Gasteiger partial charge in [0.1, 0.15) is 0 Å². The highest BCUT2D eigenvalue weighted by Crippen LogP contribution is 2.40. The van der Waals surface area contributed by atoms with Crippen LogP contribution in [-0.2, 0) is 0 Å². The molecule has 134 valence electrons. The smallest absolute Gasteiger partial charge is 0.0411 e. The largest absolute Gasteiger partial charge is 0.0625 e. The summed E-state index contributed by atoms with van der Waals surface area (Å²) in [5.74, 6) is 6.41. The molecule has 0 aromatic heterocycles. The molecule has 0 amide bonds. The van der Waals surface area contributed by atoms with Gasteiger partial charge in [-0.05, 0) is 41.9 Å². The number of hydrogen-bond acceptors (Lipinski definition) is 0. The molecule has 0 radical (unpaired) electrons. The minimum absolute atomic E-state index is 1.02. The maximum absolute atomic E-state index is 2.45. The van der Waals surface area contributed by atoms with Gasteiger partial charge >= 0.3 is 0 Å². The van der Waals surface area contributed by atoms with Crippen molar-refractivity contribution < 1.29 is 0 Å². The average molecular weight is 319 g/mol. The lowest BCUT2D eigenvalue weighted by Gasteiger charge is -2.34. The quantitative estimate of drug-likeness (QED) is 0.489. The standard InChI is InChI=1S/C23H42/c1-18-3-7-20(8-4-18)11-12-21-13-15-23(16-14-21)17-22-9-5-19(2)6-10-22/h18-23H,3-17H2,1-2H3. The first-order valence-electron chi connectivity index (χ1n) is 11.2. The molecule has 0 aliphatic heterocycles. The molecule has 23 heavy (non-hydrogen) atoms. The second kappa shape index (κ2) is 8.91. The van der Waals surface area contributed by atoms with Crippen LogP contribution in [-0.4, -0.2) is 0 Å². The Hall–Kier alpha value is 0. The molecule has 0 nitrogen and oxygen atoms in total. The van der Waals surface area contributed by atoms with E-state index in [1.807, 2.05) is 0 Å². The monoisotopic (exact) mass is 318 g/mol. The summed E-state index contributed by atoms with van der Waals surface area (Å²) in [5, 5.41) is 0. The van der Waals surface area contributed by atoms with Crippen molar-refractivity contribution in [3.05, 3.63) is 0 Å². The molecular weight excluding hydrogens is 276 g/mol. The maximum Gasteiger partial charge on any atom is -0.0411 e. The molecule has 0 N–H and O–H groups in total. The highest BCUT2D eigenvalue weighted by Gasteiger charge is 2.26. The molecule has 0 saturated heterocycles. The van der Waals surface area contributed by atoms with Crippen LogP contribution in [0.1, 0.15) is 110 Å². The molecule has 3 saturated carbocycles. The Morgan fingerprint density at radius 2 is 0.739 bits per heavy atom. The van der Waals surface area contributed by atoms with Crippen LogP contribution in [0.15, 0.2) is 0 Å². The summed E-state index contributed by atoms with van der Waals surface area (Å²) in [4.78, 5) is 0. The van der Waals surface area contributed by atoms with Crippen LogP contribution in [0.3, 0.4) is 0 Å². The van der Waals surface area contributed by atoms with E-state index in [1.165, 1.54) is 38.5 Å². The first-order valence-corrected chi connectivity index (χ1v) is 11.2. The van der Waals surface area contributed by atoms with Crippen LogP contribution in [0, 0.1) is 35.5 Å². The van der Waals surface area contributed by atoms with Gasteiger partial charge in [0.05, 0.1) is 0 Å². The van der Waals surface area contributed by atoms with Gasteiger partial charge in [0, 0.05) is 0 Å². The fraction of sp³-hybridized carbons (Fsp3) is 1.00. The lowest BCUT2D eigenvalue weighted by Crippen LogP contribution is -2.21. The van der Waals surface area contributed by atoms with Crippen LogP contribution in [0.5, 0.6) is 0 Å². The zero-order chi connectivity index (χ0) is 16.1. The fourth-order valence-electron chi connectivity index (χ4n) is 5.88. The number of hydrogen-bond donors (Lipinski definition) is 0. The molecule has 0 aromatic carbocycles. The van der Waals surface area contributed by atoms with Crippen molar-refractivity contribution in [2.75, 3.05) is 0 Å². The van der Waals surface area contributed by atoms with Gasteiger partial charge in [0.2, 0.25) is 0 Å². The highest BCUT2D eigenvalue weighted by atomic mass is 14.3. The van der Waals surface area contributed by atoms with Crippen LogP contribution in [0.2, 0.25) is 0 Å². The SMILES string of the molecule is CC1CCC(CCC2CCC(CC3CCC(C)CC3)CC2)CC1. The van der Waals surface area contributed by atoms with Gasteiger partial charge in [0.15, 0.2) is 0 Å². The Morgan fingerprint density at radius 1 is 0.435 bits per heavy atom. The van der Waals surface area contributed by atoms with Crippen molar-refractivity contribution in [1.82, 2.24) is 0 Å². The first-order chi connectivity index (χ1) is 11.2. The summed E-state index contributed by atoms with van der Waals surface area (Å²) < 4.78 is 0. The van der Waals surface area contributed by atoms with E-state index in [2.05, 4.69) is 13.8 Å². The predicted octanol–water partition coefficient (Wildman–Crippen LogP) is 7.62. The van der Waals surface area contributed by atoms with Gasteiger partial charge in [-0.2, -0.15) is 0 Å². The Morgan fingerprint density at radius 3 is 1.17 bits per heavy atom. The zero-order valence-electron chi connectivity index (χ0n) is 16.1. The zero-order valence-corrected chi connectivity index (χ0v) is 16.1. The molecule has 0 aromatic rings. The molecule has 0 atom stereocenters. The van der Waals surface area contributed by atoms with Crippen molar-refractivity contribution >= 4 is 0 Å². The molecule has 0 heteroatoms. The van der Waals surface area contributed by atoms with Crippen LogP contribution in [0.4, 0.5) is 0 Å². The van der Waals surface area contributed by atoms with E-state index in [9.17, 15) is 0 Å². The third-order valence-corrected chi connectivity index (χ3v) is 7.89. The second-order valence-electron chi connectivity index (χ2n) is 9.95. The summed E-state index contributed by atoms with van der Waals surface area (Å²) in [6, 6.07) is 0. The minimum atomic E-state index is 1.02. The predicted molar refractivity (Wildman–Crippen MR) is 102 cm³/mol. The van der Waals surface area contributed by atoms with Crippen molar-refractivity contribution in [1.29, 1.82) is 0 Å². The van der Waals surface area contributed by atoms with E-state index in [4.69, 9.17) is 0 Å². The van der Waals surface area contributed by atoms with Crippen LogP contribution < -0.4 is 0 Å². The minimum Gasteiger partial charge on any atom is -0.0625 e. The highest BCUT2D eigenvalue weighted by molar-refractivity contribution is 4.79. The van der Waals surface area contributed by atoms with Crippen molar-refractivity contribution in [2.24, 2.45) is 35.5 Å². The fourth-order valence-corrected chi connectivity index (χ4v) is 5.88. The number of rotatable bonds is 5. The molecule has 0 bridgehead atoms. The third-order valence-electron chi connectivity index (χ3n) is 7.89. The van der Waals surface area contributed by atoms with Crippen LogP contribution >= 0.6 is 0 Å². The Kier molecular flexibility index (Phi) is 6.90. The van der Waals surface area contributed by atoms with E-state index in [1.54, 1.807) is 57.8 Å². The van der Waals surface area contributed by atoms with E-state index in [-0.39, 0.29) is 0 Å². The lowest BCUT2D eigenvalue weighted by molar-refractivity contribution is 0.182. The third kappa shape index (κ3) is 5.79. The summed E-state index contributed by atoms with van der Waals surface area (Å²) >= 11 is 0. The Labute approximate surface area is 146 Å². The molecule has 3 rings (SSSR count). The molecule has 0 heterocycles. The molecule has 3 aliphatic rings. The van der Waals surface area contributed by atoms with E-state index in [0.29, 0.717) is 0 Å². The Bertz CT molecular complexity index is 309. The average Bonchev–Trinajstić information content (AvgIpc) is 2.58. The molecule has 3 aliphatic carbocycles. The molecule has 0 unspecified atom stereocenters. The van der Waals surface area contributed by atoms with Gasteiger partial charge < -0.3 is 0 Å². The molecule has 0 spiro atoms. The van der Waals surface area contributed by atoms with Crippen LogP contribution in [0.25, 0.3) is 0 Å². The summed E-state index contributed by atoms with van der Waals surface area (Å²) in [6.07, 6.45) is 23.2. The Balaban J connectivity index is 1.28. The van der Waals surface area contributed by atoms with Gasteiger partial charge in [-0.3, -0.25) is 0 Å². The maximum atomic E-state index is 2.45. The summed E-state index contributed by atoms with van der Waals surface area (Å²) in [6.45, 7) is 4.90. The molecular formula is C23H42. The lowest BCUT2D eigenvalue weighted by atomic mass is 9.72. The topological polar surface area (TPSA) is 0 Å². The molecule has 3 fully saturated rings. The normalized spacial score (nSPS) is 42.5. The van der Waals surface area contributed by atoms with Gasteiger partial charge in [-0.15, -0.1) is 0 Å². The second-order valence-corrected chi connectivity index (χ2v) is 9.95. The summed E-state index contributed by atoms with van der Waals surface area (Å²) in [7, 11) is 0. The van der Waals surface area contributed by atoms with E-state index in [0.717, 1.165) is 35.5 Å². The van der Waals surface area contributed by atoms with Crippen molar-refractivity contribution in [3.8, 4) is 0 Å². The van der Waals surface area contributed by atoms with Crippen molar-refractivity contribution in [2.45, 2.75) is 110 Å². The van der Waals surface area contributed by atoms with Crippen molar-refractivity contribution in [3.63, 3.8) is 0 Å². The van der Waals surface area contributed by atoms with Gasteiger partial charge in [-0.25, -0.2) is 0 Å².